The summed E-state index contributed by atoms with van der Waals surface area (Å²) in [5.41, 5.74) is 1.53. The van der Waals surface area contributed by atoms with Crippen LogP contribution in [0, 0.1) is 0 Å². The Bertz CT molecular complexity index is 1020. The van der Waals surface area contributed by atoms with E-state index in [1.807, 2.05) is 6.07 Å². The lowest BCUT2D eigenvalue weighted by molar-refractivity contribution is 0.0951. The van der Waals surface area contributed by atoms with Gasteiger partial charge in [-0.05, 0) is 43.1 Å². The summed E-state index contributed by atoms with van der Waals surface area (Å²) in [4.78, 5) is 17.5. The van der Waals surface area contributed by atoms with E-state index in [0.717, 1.165) is 56.4 Å². The van der Waals surface area contributed by atoms with Gasteiger partial charge in [0.05, 0.1) is 15.5 Å². The van der Waals surface area contributed by atoms with Crippen molar-refractivity contribution in [3.05, 3.63) is 64.7 Å². The number of carbonyl (C=O) groups is 1. The van der Waals surface area contributed by atoms with Crippen LogP contribution in [0.1, 0.15) is 28.8 Å². The minimum Gasteiger partial charge on any atom is -0.352 e. The number of nitrogens with one attached hydrogen (secondary N) is 1. The van der Waals surface area contributed by atoms with Crippen LogP contribution in [-0.2, 0) is 16.6 Å². The molecule has 2 aromatic carbocycles. The van der Waals surface area contributed by atoms with Gasteiger partial charge in [0.25, 0.3) is 5.91 Å². The van der Waals surface area contributed by atoms with Gasteiger partial charge in [-0.1, -0.05) is 41.9 Å². The maximum atomic E-state index is 12.5. The van der Waals surface area contributed by atoms with E-state index in [0.29, 0.717) is 6.54 Å². The van der Waals surface area contributed by atoms with Crippen molar-refractivity contribution in [2.75, 3.05) is 53.4 Å². The maximum absolute atomic E-state index is 12.5. The molecule has 180 valence electrons. The molecule has 2 aromatic rings. The van der Waals surface area contributed by atoms with Crippen molar-refractivity contribution in [3.8, 4) is 0 Å². The highest BCUT2D eigenvalue weighted by molar-refractivity contribution is 7.89. The van der Waals surface area contributed by atoms with Gasteiger partial charge >= 0.3 is 0 Å². The molecule has 3 rings (SSSR count). The fourth-order valence-electron chi connectivity index (χ4n) is 3.82. The molecule has 1 fully saturated rings. The van der Waals surface area contributed by atoms with Crippen LogP contribution in [-0.4, -0.2) is 81.8 Å². The number of unbranched alkanes of at least 4 members (excludes halogenated alkanes) is 1. The fourth-order valence-corrected chi connectivity index (χ4v) is 4.95. The third-order valence-electron chi connectivity index (χ3n) is 5.86. The molecule has 33 heavy (non-hydrogen) atoms. The van der Waals surface area contributed by atoms with Gasteiger partial charge in [0.2, 0.25) is 10.0 Å². The Balaban J connectivity index is 1.37. The predicted octanol–water partition coefficient (Wildman–Crippen LogP) is 2.92. The Hall–Kier alpha value is -1.97. The molecule has 0 atom stereocenters. The lowest BCUT2D eigenvalue weighted by atomic mass is 10.2. The van der Waals surface area contributed by atoms with Crippen molar-refractivity contribution in [2.45, 2.75) is 24.3 Å². The van der Waals surface area contributed by atoms with Crippen molar-refractivity contribution in [1.82, 2.24) is 19.4 Å². The second-order valence-corrected chi connectivity index (χ2v) is 11.1. The zero-order valence-corrected chi connectivity index (χ0v) is 20.9. The first-order chi connectivity index (χ1) is 15.8. The van der Waals surface area contributed by atoms with Gasteiger partial charge in [-0.25, -0.2) is 12.7 Å². The van der Waals surface area contributed by atoms with Gasteiger partial charge in [-0.3, -0.25) is 9.69 Å². The number of sulfonamides is 1. The molecule has 9 heteroatoms. The molecule has 1 aliphatic rings. The van der Waals surface area contributed by atoms with Gasteiger partial charge in [0.1, 0.15) is 0 Å². The minimum absolute atomic E-state index is 0.0495. The van der Waals surface area contributed by atoms with Crippen LogP contribution < -0.4 is 5.32 Å². The molecule has 0 radical (unpaired) electrons. The van der Waals surface area contributed by atoms with Crippen LogP contribution in [0.15, 0.2) is 53.4 Å². The summed E-state index contributed by atoms with van der Waals surface area (Å²) >= 11 is 6.15. The largest absolute Gasteiger partial charge is 0.352 e. The second-order valence-electron chi connectivity index (χ2n) is 8.50. The van der Waals surface area contributed by atoms with Crippen LogP contribution in [0.5, 0.6) is 0 Å². The lowest BCUT2D eigenvalue weighted by Crippen LogP contribution is -2.46. The number of hydrogen-bond donors (Lipinski definition) is 1. The van der Waals surface area contributed by atoms with E-state index in [1.165, 1.54) is 37.9 Å². The summed E-state index contributed by atoms with van der Waals surface area (Å²) in [5.74, 6) is -0.356. The van der Waals surface area contributed by atoms with E-state index in [9.17, 15) is 13.2 Å². The molecule has 1 N–H and O–H groups in total. The molecule has 0 aromatic heterocycles. The molecule has 0 bridgehead atoms. The first-order valence-corrected chi connectivity index (χ1v) is 13.1. The number of amides is 1. The SMILES string of the molecule is CN(C)S(=O)(=O)c1ccc(Cl)c(C(=O)NCCCCN2CCN(Cc3ccccc3)CC2)c1. The zero-order valence-electron chi connectivity index (χ0n) is 19.3. The molecule has 0 unspecified atom stereocenters. The predicted molar refractivity (Wildman–Crippen MR) is 132 cm³/mol. The van der Waals surface area contributed by atoms with Gasteiger partial charge in [-0.2, -0.15) is 0 Å². The standard InChI is InChI=1S/C24H33ClN4O3S/c1-27(2)33(31,32)21-10-11-23(25)22(18-21)24(30)26-12-6-7-13-28-14-16-29(17-15-28)19-20-8-4-3-5-9-20/h3-5,8-11,18H,6-7,12-17,19H2,1-2H3,(H,26,30). The van der Waals surface area contributed by atoms with Crippen LogP contribution >= 0.6 is 11.6 Å². The van der Waals surface area contributed by atoms with E-state index in [-0.39, 0.29) is 21.4 Å². The highest BCUT2D eigenvalue weighted by atomic mass is 35.5. The summed E-state index contributed by atoms with van der Waals surface area (Å²) in [6.45, 7) is 6.77. The number of benzene rings is 2. The van der Waals surface area contributed by atoms with E-state index in [1.54, 1.807) is 0 Å². The average molecular weight is 493 g/mol. The first kappa shape index (κ1) is 25.6. The molecule has 0 aliphatic carbocycles. The van der Waals surface area contributed by atoms with Crippen LogP contribution in [0.3, 0.4) is 0 Å². The third-order valence-corrected chi connectivity index (χ3v) is 8.00. The van der Waals surface area contributed by atoms with Crippen molar-refractivity contribution >= 4 is 27.5 Å². The Labute approximate surface area is 202 Å². The first-order valence-electron chi connectivity index (χ1n) is 11.3. The zero-order chi connectivity index (χ0) is 23.8. The molecule has 1 amide bonds. The average Bonchev–Trinajstić information content (AvgIpc) is 2.80. The number of nitrogens with zero attached hydrogens (tertiary/aromatic N) is 3. The number of piperazine rings is 1. The maximum Gasteiger partial charge on any atom is 0.252 e. The molecule has 1 heterocycles. The summed E-state index contributed by atoms with van der Waals surface area (Å²) in [6.07, 6.45) is 1.84. The molecule has 1 aliphatic heterocycles. The second kappa shape index (κ2) is 11.9. The van der Waals surface area contributed by atoms with E-state index in [2.05, 4.69) is 39.4 Å². The lowest BCUT2D eigenvalue weighted by Gasteiger charge is -2.34. The molecular formula is C24H33ClN4O3S. The van der Waals surface area contributed by atoms with Crippen LogP contribution in [0.25, 0.3) is 0 Å². The van der Waals surface area contributed by atoms with Gasteiger partial charge in [-0.15, -0.1) is 0 Å². The minimum atomic E-state index is -3.63. The number of hydrogen-bond acceptors (Lipinski definition) is 5. The molecule has 7 nitrogen and oxygen atoms in total. The van der Waals surface area contributed by atoms with E-state index in [4.69, 9.17) is 11.6 Å². The van der Waals surface area contributed by atoms with Crippen molar-refractivity contribution in [2.24, 2.45) is 0 Å². The van der Waals surface area contributed by atoms with Crippen molar-refractivity contribution in [3.63, 3.8) is 0 Å². The Kier molecular flexibility index (Phi) is 9.28. The van der Waals surface area contributed by atoms with E-state index >= 15 is 0 Å². The Morgan fingerprint density at radius 1 is 1.00 bits per heavy atom. The summed E-state index contributed by atoms with van der Waals surface area (Å²) in [5, 5.41) is 3.10. The summed E-state index contributed by atoms with van der Waals surface area (Å²) in [7, 11) is -0.725. The number of carbonyl (C=O) groups excluding carboxylic acids is 1. The van der Waals surface area contributed by atoms with Crippen LogP contribution in [0.2, 0.25) is 5.02 Å². The van der Waals surface area contributed by atoms with Gasteiger partial charge in [0.15, 0.2) is 0 Å². The van der Waals surface area contributed by atoms with Crippen molar-refractivity contribution < 1.29 is 13.2 Å². The molecule has 1 saturated heterocycles. The Morgan fingerprint density at radius 2 is 1.67 bits per heavy atom. The smallest absolute Gasteiger partial charge is 0.252 e. The Morgan fingerprint density at radius 3 is 2.33 bits per heavy atom. The van der Waals surface area contributed by atoms with Gasteiger partial charge < -0.3 is 10.2 Å². The van der Waals surface area contributed by atoms with Crippen molar-refractivity contribution in [1.29, 1.82) is 0 Å². The normalized spacial score (nSPS) is 15.6. The van der Waals surface area contributed by atoms with Gasteiger partial charge in [0, 0.05) is 53.4 Å². The van der Waals surface area contributed by atoms with E-state index < -0.39 is 10.0 Å². The number of rotatable bonds is 10. The molecular weight excluding hydrogens is 460 g/mol. The quantitative estimate of drug-likeness (QED) is 0.516. The molecule has 0 spiro atoms. The fraction of sp³-hybridized carbons (Fsp3) is 0.458. The summed E-state index contributed by atoms with van der Waals surface area (Å²) in [6, 6.07) is 14.8. The third kappa shape index (κ3) is 7.25. The summed E-state index contributed by atoms with van der Waals surface area (Å²) < 4.78 is 25.8. The highest BCUT2D eigenvalue weighted by Crippen LogP contribution is 2.22. The highest BCUT2D eigenvalue weighted by Gasteiger charge is 2.21. The van der Waals surface area contributed by atoms with Crippen LogP contribution in [0.4, 0.5) is 0 Å². The monoisotopic (exact) mass is 492 g/mol. The topological polar surface area (TPSA) is 73.0 Å². The number of halogens is 1. The molecule has 0 saturated carbocycles.